The van der Waals surface area contributed by atoms with Crippen LogP contribution in [0.3, 0.4) is 0 Å². The van der Waals surface area contributed by atoms with Crippen molar-refractivity contribution in [2.75, 3.05) is 4.90 Å². The molecular formula is C54H33NO2S. The summed E-state index contributed by atoms with van der Waals surface area (Å²) in [5, 5.41) is 7.03. The largest absolute Gasteiger partial charge is 0.455 e. The van der Waals surface area contributed by atoms with Gasteiger partial charge >= 0.3 is 0 Å². The predicted octanol–water partition coefficient (Wildman–Crippen LogP) is 16.3. The number of hydrogen-bond donors (Lipinski definition) is 0. The normalized spacial score (nSPS) is 11.8. The second-order valence-electron chi connectivity index (χ2n) is 14.8. The highest BCUT2D eigenvalue weighted by Gasteiger charge is 2.24. The van der Waals surface area contributed by atoms with Crippen LogP contribution in [0, 0.1) is 0 Å². The van der Waals surface area contributed by atoms with Gasteiger partial charge in [0, 0.05) is 64.2 Å². The van der Waals surface area contributed by atoms with Crippen molar-refractivity contribution in [3.8, 4) is 33.4 Å². The molecule has 0 spiro atoms. The highest BCUT2D eigenvalue weighted by Crippen LogP contribution is 2.49. The fourth-order valence-corrected chi connectivity index (χ4v) is 10.0. The lowest BCUT2D eigenvalue weighted by Gasteiger charge is -2.28. The van der Waals surface area contributed by atoms with Crippen LogP contribution >= 0.6 is 11.3 Å². The first-order valence-corrected chi connectivity index (χ1v) is 20.4. The highest BCUT2D eigenvalue weighted by atomic mass is 32.1. The molecule has 12 aromatic rings. The van der Waals surface area contributed by atoms with Crippen LogP contribution < -0.4 is 4.90 Å². The van der Waals surface area contributed by atoms with Crippen LogP contribution in [0.2, 0.25) is 0 Å². The Morgan fingerprint density at radius 3 is 1.55 bits per heavy atom. The number of benzene rings is 9. The molecule has 272 valence electrons. The molecule has 58 heavy (non-hydrogen) atoms. The number of rotatable bonds is 6. The first-order valence-electron chi connectivity index (χ1n) is 19.6. The Kier molecular flexibility index (Phi) is 7.40. The van der Waals surface area contributed by atoms with Crippen LogP contribution in [-0.4, -0.2) is 0 Å². The maximum atomic E-state index is 6.86. The lowest BCUT2D eigenvalue weighted by molar-refractivity contribution is 0.669. The molecule has 9 aromatic carbocycles. The zero-order valence-electron chi connectivity index (χ0n) is 31.2. The van der Waals surface area contributed by atoms with Crippen molar-refractivity contribution in [1.82, 2.24) is 0 Å². The van der Waals surface area contributed by atoms with E-state index in [1.54, 1.807) is 0 Å². The van der Waals surface area contributed by atoms with E-state index in [4.69, 9.17) is 8.83 Å². The van der Waals surface area contributed by atoms with E-state index in [2.05, 4.69) is 187 Å². The summed E-state index contributed by atoms with van der Waals surface area (Å²) >= 11 is 1.86. The fourth-order valence-electron chi connectivity index (χ4n) is 8.78. The molecule has 0 aliphatic heterocycles. The minimum Gasteiger partial charge on any atom is -0.455 e. The second-order valence-corrected chi connectivity index (χ2v) is 15.8. The van der Waals surface area contributed by atoms with Crippen molar-refractivity contribution in [3.63, 3.8) is 0 Å². The van der Waals surface area contributed by atoms with Gasteiger partial charge in [-0.3, -0.25) is 0 Å². The van der Waals surface area contributed by atoms with E-state index in [0.29, 0.717) is 0 Å². The molecule has 0 saturated heterocycles. The number of furan rings is 2. The molecule has 0 aliphatic carbocycles. The average Bonchev–Trinajstić information content (AvgIpc) is 3.99. The standard InChI is InChI=1S/C54H33NO2S/c1-2-12-34(13-3-1)39-32-33-46-43-15-5-8-22-49(43)57-53(46)51(39)55(37-28-24-35(25-29-37)40-17-10-19-45-42-14-4-7-21-48(42)56-52(40)45)38-30-26-36(27-31-38)41-18-11-20-47-44-16-6-9-23-50(44)58-54(41)47/h1-33H. The number of para-hydroxylation sites is 3. The number of nitrogens with zero attached hydrogens (tertiary/aromatic N) is 1. The third kappa shape index (κ3) is 5.12. The van der Waals surface area contributed by atoms with Gasteiger partial charge in [-0.05, 0) is 70.8 Å². The number of anilines is 3. The monoisotopic (exact) mass is 759 g/mol. The number of thiophene rings is 1. The summed E-state index contributed by atoms with van der Waals surface area (Å²) in [6, 6.07) is 71.3. The zero-order valence-corrected chi connectivity index (χ0v) is 32.0. The average molecular weight is 760 g/mol. The van der Waals surface area contributed by atoms with Gasteiger partial charge in [-0.1, -0.05) is 152 Å². The Hall–Kier alpha value is -7.40. The molecular weight excluding hydrogens is 727 g/mol. The molecule has 4 heteroatoms. The molecule has 3 heterocycles. The minimum atomic E-state index is 0.845. The molecule has 0 bridgehead atoms. The van der Waals surface area contributed by atoms with Gasteiger partial charge in [-0.25, -0.2) is 0 Å². The van der Waals surface area contributed by atoms with E-state index < -0.39 is 0 Å². The summed E-state index contributed by atoms with van der Waals surface area (Å²) in [4.78, 5) is 2.36. The summed E-state index contributed by atoms with van der Waals surface area (Å²) in [6.07, 6.45) is 0. The summed E-state index contributed by atoms with van der Waals surface area (Å²) in [5.41, 5.74) is 13.3. The minimum absolute atomic E-state index is 0.845. The molecule has 3 nitrogen and oxygen atoms in total. The van der Waals surface area contributed by atoms with Gasteiger partial charge in [-0.15, -0.1) is 11.3 Å². The van der Waals surface area contributed by atoms with Crippen molar-refractivity contribution in [2.45, 2.75) is 0 Å². The Morgan fingerprint density at radius 1 is 0.328 bits per heavy atom. The third-order valence-electron chi connectivity index (χ3n) is 11.5. The van der Waals surface area contributed by atoms with Crippen LogP contribution in [-0.2, 0) is 0 Å². The SMILES string of the molecule is c1ccc(-c2ccc3c(oc4ccccc43)c2N(c2ccc(-c3cccc4c3oc3ccccc34)cc2)c2ccc(-c3cccc4c3sc3ccccc34)cc2)cc1. The Bertz CT molecular complexity index is 3340. The van der Waals surface area contributed by atoms with Crippen LogP contribution in [0.25, 0.3) is 97.4 Å². The van der Waals surface area contributed by atoms with E-state index in [0.717, 1.165) is 83.2 Å². The highest BCUT2D eigenvalue weighted by molar-refractivity contribution is 7.26. The molecule has 0 aliphatic rings. The second kappa shape index (κ2) is 13.1. The van der Waals surface area contributed by atoms with Gasteiger partial charge in [-0.2, -0.15) is 0 Å². The summed E-state index contributed by atoms with van der Waals surface area (Å²) < 4.78 is 15.9. The Balaban J connectivity index is 1.06. The summed E-state index contributed by atoms with van der Waals surface area (Å²) in [7, 11) is 0. The lowest BCUT2D eigenvalue weighted by atomic mass is 9.98. The molecule has 0 unspecified atom stereocenters. The van der Waals surface area contributed by atoms with Crippen LogP contribution in [0.5, 0.6) is 0 Å². The van der Waals surface area contributed by atoms with Crippen LogP contribution in [0.1, 0.15) is 0 Å². The van der Waals surface area contributed by atoms with Gasteiger partial charge in [0.2, 0.25) is 0 Å². The van der Waals surface area contributed by atoms with E-state index >= 15 is 0 Å². The van der Waals surface area contributed by atoms with Crippen LogP contribution in [0.4, 0.5) is 17.1 Å². The first-order chi connectivity index (χ1) is 28.8. The van der Waals surface area contributed by atoms with E-state index in [9.17, 15) is 0 Å². The summed E-state index contributed by atoms with van der Waals surface area (Å²) in [6.45, 7) is 0. The predicted molar refractivity (Wildman–Crippen MR) is 245 cm³/mol. The van der Waals surface area contributed by atoms with Crippen molar-refractivity contribution in [1.29, 1.82) is 0 Å². The van der Waals surface area contributed by atoms with E-state index in [1.165, 1.54) is 31.3 Å². The number of hydrogen-bond acceptors (Lipinski definition) is 4. The third-order valence-corrected chi connectivity index (χ3v) is 12.7. The van der Waals surface area contributed by atoms with Crippen molar-refractivity contribution in [2.24, 2.45) is 0 Å². The fraction of sp³-hybridized carbons (Fsp3) is 0. The van der Waals surface area contributed by atoms with E-state index in [1.807, 2.05) is 29.5 Å². The quantitative estimate of drug-likeness (QED) is 0.169. The molecule has 0 fully saturated rings. The maximum Gasteiger partial charge on any atom is 0.160 e. The Morgan fingerprint density at radius 2 is 0.845 bits per heavy atom. The molecule has 0 N–H and O–H groups in total. The molecule has 12 rings (SSSR count). The molecule has 0 atom stereocenters. The van der Waals surface area contributed by atoms with Crippen LogP contribution in [0.15, 0.2) is 209 Å². The smallest absolute Gasteiger partial charge is 0.160 e. The van der Waals surface area contributed by atoms with Gasteiger partial charge in [0.15, 0.2) is 5.58 Å². The maximum absolute atomic E-state index is 6.86. The molecule has 0 amide bonds. The number of fused-ring (bicyclic) bond motifs is 9. The lowest BCUT2D eigenvalue weighted by Crippen LogP contribution is -2.11. The Labute approximate surface area is 338 Å². The van der Waals surface area contributed by atoms with Gasteiger partial charge < -0.3 is 13.7 Å². The zero-order chi connectivity index (χ0) is 38.2. The van der Waals surface area contributed by atoms with Crippen molar-refractivity contribution < 1.29 is 8.83 Å². The van der Waals surface area contributed by atoms with E-state index in [-0.39, 0.29) is 0 Å². The first kappa shape index (κ1) is 32.8. The van der Waals surface area contributed by atoms with Gasteiger partial charge in [0.05, 0.1) is 5.69 Å². The topological polar surface area (TPSA) is 29.5 Å². The molecule has 0 radical (unpaired) electrons. The van der Waals surface area contributed by atoms with Crippen molar-refractivity contribution in [3.05, 3.63) is 200 Å². The van der Waals surface area contributed by atoms with Gasteiger partial charge in [0.1, 0.15) is 16.7 Å². The molecule has 0 saturated carbocycles. The summed E-state index contributed by atoms with van der Waals surface area (Å²) in [5.74, 6) is 0. The van der Waals surface area contributed by atoms with Gasteiger partial charge in [0.25, 0.3) is 0 Å². The molecule has 3 aromatic heterocycles. The van der Waals surface area contributed by atoms with Crippen molar-refractivity contribution >= 4 is 92.4 Å².